The van der Waals surface area contributed by atoms with Crippen LogP contribution in [0.4, 0.5) is 0 Å². The highest BCUT2D eigenvalue weighted by atomic mass is 16.1. The lowest BCUT2D eigenvalue weighted by atomic mass is 9.70. The fourth-order valence-electron chi connectivity index (χ4n) is 3.07. The van der Waals surface area contributed by atoms with Crippen molar-refractivity contribution in [3.63, 3.8) is 0 Å². The molecule has 1 aliphatic heterocycles. The Morgan fingerprint density at radius 3 is 2.68 bits per heavy atom. The van der Waals surface area contributed by atoms with Crippen molar-refractivity contribution in [1.82, 2.24) is 10.2 Å². The monoisotopic (exact) mass is 260 g/mol. The Hall–Kier alpha value is -1.35. The van der Waals surface area contributed by atoms with Gasteiger partial charge in [0.25, 0.3) is 5.91 Å². The Kier molecular flexibility index (Phi) is 4.25. The number of amides is 1. The first-order valence-corrected chi connectivity index (χ1v) is 7.11. The second-order valence-electron chi connectivity index (χ2n) is 5.81. The predicted molar refractivity (Wildman–Crippen MR) is 78.5 cm³/mol. The third-order valence-electron chi connectivity index (χ3n) is 4.10. The van der Waals surface area contributed by atoms with Crippen LogP contribution in [0.5, 0.6) is 0 Å². The van der Waals surface area contributed by atoms with Crippen molar-refractivity contribution < 1.29 is 4.79 Å². The largest absolute Gasteiger partial charge is 0.351 e. The van der Waals surface area contributed by atoms with E-state index in [4.69, 9.17) is 0 Å². The molecule has 2 rings (SSSR count). The average molecular weight is 260 g/mol. The van der Waals surface area contributed by atoms with E-state index in [1.54, 1.807) is 0 Å². The second-order valence-corrected chi connectivity index (χ2v) is 5.81. The third kappa shape index (κ3) is 2.81. The molecular weight excluding hydrogens is 236 g/mol. The lowest BCUT2D eigenvalue weighted by molar-refractivity contribution is 0.0916. The molecule has 104 valence electrons. The minimum atomic E-state index is 0.0761. The predicted octanol–water partition coefficient (Wildman–Crippen LogP) is 2.42. The van der Waals surface area contributed by atoms with E-state index >= 15 is 0 Å². The Morgan fingerprint density at radius 2 is 2.00 bits per heavy atom. The molecule has 0 bridgehead atoms. The number of carbonyl (C=O) groups is 1. The topological polar surface area (TPSA) is 32.3 Å². The summed E-state index contributed by atoms with van der Waals surface area (Å²) in [5, 5.41) is 3.08. The van der Waals surface area contributed by atoms with Gasteiger partial charge in [-0.1, -0.05) is 31.5 Å². The van der Waals surface area contributed by atoms with Crippen LogP contribution >= 0.6 is 0 Å². The van der Waals surface area contributed by atoms with Crippen molar-refractivity contribution in [2.75, 3.05) is 27.2 Å². The molecule has 0 spiro atoms. The van der Waals surface area contributed by atoms with Crippen molar-refractivity contribution in [3.8, 4) is 0 Å². The maximum atomic E-state index is 12.0. The van der Waals surface area contributed by atoms with Crippen LogP contribution < -0.4 is 5.32 Å². The van der Waals surface area contributed by atoms with Crippen LogP contribution in [-0.2, 0) is 5.41 Å². The minimum absolute atomic E-state index is 0.0761. The molecule has 1 aliphatic rings. The number of nitrogens with zero attached hydrogens (tertiary/aromatic N) is 1. The van der Waals surface area contributed by atoms with Crippen molar-refractivity contribution in [1.29, 1.82) is 0 Å². The van der Waals surface area contributed by atoms with Crippen LogP contribution in [-0.4, -0.2) is 38.0 Å². The van der Waals surface area contributed by atoms with Crippen LogP contribution in [0.1, 0.15) is 42.1 Å². The zero-order chi connectivity index (χ0) is 13.9. The summed E-state index contributed by atoms with van der Waals surface area (Å²) in [6.07, 6.45) is 3.35. The van der Waals surface area contributed by atoms with Gasteiger partial charge in [-0.2, -0.15) is 0 Å². The van der Waals surface area contributed by atoms with Crippen LogP contribution in [0.2, 0.25) is 0 Å². The second kappa shape index (κ2) is 5.74. The number of nitrogens with one attached hydrogen (secondary N) is 1. The van der Waals surface area contributed by atoms with Crippen LogP contribution in [0.15, 0.2) is 24.3 Å². The van der Waals surface area contributed by atoms with E-state index in [2.05, 4.69) is 43.4 Å². The van der Waals surface area contributed by atoms with Gasteiger partial charge in [0.15, 0.2) is 0 Å². The summed E-state index contributed by atoms with van der Waals surface area (Å²) in [5.74, 6) is 0.0761. The molecule has 1 atom stereocenters. The van der Waals surface area contributed by atoms with E-state index in [9.17, 15) is 4.79 Å². The maximum absolute atomic E-state index is 12.0. The average Bonchev–Trinajstić information content (AvgIpc) is 2.41. The molecule has 0 fully saturated rings. The van der Waals surface area contributed by atoms with Gasteiger partial charge in [-0.25, -0.2) is 0 Å². The van der Waals surface area contributed by atoms with Crippen LogP contribution in [0, 0.1) is 0 Å². The molecule has 19 heavy (non-hydrogen) atoms. The summed E-state index contributed by atoms with van der Waals surface area (Å²) in [4.78, 5) is 14.2. The standard InChI is InChI=1S/C16H24N2O/c1-4-9-16(10-11-18(2)3)12-17-15(19)13-7-5-6-8-14(13)16/h5-8H,4,9-12H2,1-3H3,(H,17,19). The number of fused-ring (bicyclic) bond motifs is 1. The van der Waals surface area contributed by atoms with Gasteiger partial charge in [0.05, 0.1) is 0 Å². The lowest BCUT2D eigenvalue weighted by Gasteiger charge is -2.40. The number of carbonyl (C=O) groups excluding carboxylic acids is 1. The van der Waals surface area contributed by atoms with Gasteiger partial charge in [0.1, 0.15) is 0 Å². The molecule has 1 heterocycles. The molecule has 1 unspecified atom stereocenters. The Balaban J connectivity index is 2.38. The fraction of sp³-hybridized carbons (Fsp3) is 0.562. The minimum Gasteiger partial charge on any atom is -0.351 e. The van der Waals surface area contributed by atoms with Gasteiger partial charge in [-0.15, -0.1) is 0 Å². The molecule has 0 aromatic heterocycles. The zero-order valence-corrected chi connectivity index (χ0v) is 12.2. The van der Waals surface area contributed by atoms with E-state index < -0.39 is 0 Å². The summed E-state index contributed by atoms with van der Waals surface area (Å²) in [6.45, 7) is 4.03. The maximum Gasteiger partial charge on any atom is 0.251 e. The van der Waals surface area contributed by atoms with Gasteiger partial charge in [0, 0.05) is 17.5 Å². The summed E-state index contributed by atoms with van der Waals surface area (Å²) >= 11 is 0. The normalized spacial score (nSPS) is 22.2. The highest BCUT2D eigenvalue weighted by Crippen LogP contribution is 2.37. The highest BCUT2D eigenvalue weighted by Gasteiger charge is 2.38. The van der Waals surface area contributed by atoms with Crippen molar-refractivity contribution in [3.05, 3.63) is 35.4 Å². The van der Waals surface area contributed by atoms with E-state index in [1.165, 1.54) is 5.56 Å². The molecule has 0 radical (unpaired) electrons. The van der Waals surface area contributed by atoms with Crippen molar-refractivity contribution >= 4 is 5.91 Å². The SMILES string of the molecule is CCCC1(CCN(C)C)CNC(=O)c2ccccc21. The summed E-state index contributed by atoms with van der Waals surface area (Å²) in [7, 11) is 4.21. The number of benzene rings is 1. The van der Waals surface area contributed by atoms with Crippen molar-refractivity contribution in [2.24, 2.45) is 0 Å². The highest BCUT2D eigenvalue weighted by molar-refractivity contribution is 5.97. The first-order chi connectivity index (χ1) is 9.09. The quantitative estimate of drug-likeness (QED) is 0.882. The van der Waals surface area contributed by atoms with Crippen LogP contribution in [0.25, 0.3) is 0 Å². The van der Waals surface area contributed by atoms with E-state index in [0.29, 0.717) is 0 Å². The number of rotatable bonds is 5. The molecule has 1 amide bonds. The number of hydrogen-bond acceptors (Lipinski definition) is 2. The smallest absolute Gasteiger partial charge is 0.251 e. The lowest BCUT2D eigenvalue weighted by Crippen LogP contribution is -2.48. The molecule has 3 heteroatoms. The van der Waals surface area contributed by atoms with Gasteiger partial charge in [-0.05, 0) is 45.1 Å². The van der Waals surface area contributed by atoms with Gasteiger partial charge >= 0.3 is 0 Å². The molecule has 1 aromatic rings. The molecular formula is C16H24N2O. The summed E-state index contributed by atoms with van der Waals surface area (Å²) in [6, 6.07) is 8.09. The van der Waals surface area contributed by atoms with E-state index in [0.717, 1.165) is 37.9 Å². The Labute approximate surface area is 116 Å². The van der Waals surface area contributed by atoms with E-state index in [-0.39, 0.29) is 11.3 Å². The molecule has 0 saturated carbocycles. The third-order valence-corrected chi connectivity index (χ3v) is 4.10. The molecule has 0 aliphatic carbocycles. The molecule has 0 saturated heterocycles. The molecule has 1 aromatic carbocycles. The molecule has 3 nitrogen and oxygen atoms in total. The van der Waals surface area contributed by atoms with Gasteiger partial charge < -0.3 is 10.2 Å². The Bertz CT molecular complexity index is 456. The van der Waals surface area contributed by atoms with E-state index in [1.807, 2.05) is 12.1 Å². The van der Waals surface area contributed by atoms with Crippen LogP contribution in [0.3, 0.4) is 0 Å². The first kappa shape index (κ1) is 14.1. The number of hydrogen-bond donors (Lipinski definition) is 1. The van der Waals surface area contributed by atoms with Crippen molar-refractivity contribution in [2.45, 2.75) is 31.6 Å². The Morgan fingerprint density at radius 1 is 1.26 bits per heavy atom. The molecule has 1 N–H and O–H groups in total. The zero-order valence-electron chi connectivity index (χ0n) is 12.2. The van der Waals surface area contributed by atoms with Gasteiger partial charge in [0.2, 0.25) is 0 Å². The first-order valence-electron chi connectivity index (χ1n) is 7.11. The summed E-state index contributed by atoms with van der Waals surface area (Å²) in [5.41, 5.74) is 2.20. The fourth-order valence-corrected chi connectivity index (χ4v) is 3.07. The summed E-state index contributed by atoms with van der Waals surface area (Å²) < 4.78 is 0. The van der Waals surface area contributed by atoms with Gasteiger partial charge in [-0.3, -0.25) is 4.79 Å².